The zero-order valence-corrected chi connectivity index (χ0v) is 9.06. The van der Waals surface area contributed by atoms with Crippen molar-refractivity contribution in [2.45, 2.75) is 49.7 Å². The minimum atomic E-state index is -0.771. The van der Waals surface area contributed by atoms with Gasteiger partial charge in [0.2, 0.25) is 5.91 Å². The molecule has 1 saturated carbocycles. The lowest BCUT2D eigenvalue weighted by molar-refractivity contribution is -0.143. The van der Waals surface area contributed by atoms with E-state index in [0.717, 1.165) is 25.7 Å². The van der Waals surface area contributed by atoms with Crippen LogP contribution in [0.5, 0.6) is 0 Å². The Bertz CT molecular complexity index is 364. The fourth-order valence-electron chi connectivity index (χ4n) is 3.18. The fourth-order valence-corrected chi connectivity index (χ4v) is 3.18. The summed E-state index contributed by atoms with van der Waals surface area (Å²) >= 11 is 0. The second-order valence-corrected chi connectivity index (χ2v) is 5.35. The Labute approximate surface area is 93.6 Å². The second kappa shape index (κ2) is 2.97. The van der Waals surface area contributed by atoms with E-state index in [9.17, 15) is 9.59 Å². The number of aliphatic carboxylic acids is 1. The third kappa shape index (κ3) is 1.21. The summed E-state index contributed by atoms with van der Waals surface area (Å²) in [5.74, 6) is -1.15. The summed E-state index contributed by atoms with van der Waals surface area (Å²) in [6, 6.07) is 0.0237. The fraction of sp³-hybridized carbons (Fsp3) is 0.818. The van der Waals surface area contributed by atoms with Gasteiger partial charge in [-0.25, -0.2) is 0 Å². The number of carboxylic acids is 1. The maximum absolute atomic E-state index is 12.2. The Morgan fingerprint density at radius 3 is 2.50 bits per heavy atom. The van der Waals surface area contributed by atoms with Gasteiger partial charge < -0.3 is 15.7 Å². The first-order valence-electron chi connectivity index (χ1n) is 5.87. The topological polar surface area (TPSA) is 83.6 Å². The molecule has 0 spiro atoms. The van der Waals surface area contributed by atoms with Crippen molar-refractivity contribution < 1.29 is 14.7 Å². The van der Waals surface area contributed by atoms with E-state index < -0.39 is 11.5 Å². The molecule has 0 aromatic carbocycles. The van der Waals surface area contributed by atoms with Crippen LogP contribution < -0.4 is 5.73 Å². The molecule has 88 valence electrons. The van der Waals surface area contributed by atoms with Crippen LogP contribution in [-0.2, 0) is 9.59 Å². The van der Waals surface area contributed by atoms with Gasteiger partial charge in [-0.15, -0.1) is 0 Å². The average molecular weight is 224 g/mol. The van der Waals surface area contributed by atoms with E-state index in [1.54, 1.807) is 4.90 Å². The smallest absolute Gasteiger partial charge is 0.308 e. The van der Waals surface area contributed by atoms with Gasteiger partial charge in [-0.1, -0.05) is 0 Å². The minimum absolute atomic E-state index is 0.0104. The van der Waals surface area contributed by atoms with Crippen LogP contribution in [-0.4, -0.2) is 39.5 Å². The van der Waals surface area contributed by atoms with Crippen molar-refractivity contribution in [3.63, 3.8) is 0 Å². The molecule has 16 heavy (non-hydrogen) atoms. The SMILES string of the molecule is NC1(C(=O)N2C3CCC2C(C(=O)O)C3)CC1. The molecule has 3 atom stereocenters. The number of carbonyl (C=O) groups is 2. The molecule has 1 amide bonds. The van der Waals surface area contributed by atoms with Crippen molar-refractivity contribution in [2.75, 3.05) is 0 Å². The molecule has 0 radical (unpaired) electrons. The third-order valence-electron chi connectivity index (χ3n) is 4.30. The molecular formula is C11H16N2O3. The van der Waals surface area contributed by atoms with E-state index in [1.165, 1.54) is 0 Å². The summed E-state index contributed by atoms with van der Waals surface area (Å²) in [7, 11) is 0. The number of rotatable bonds is 2. The van der Waals surface area contributed by atoms with Crippen LogP contribution >= 0.6 is 0 Å². The number of hydrogen-bond acceptors (Lipinski definition) is 3. The van der Waals surface area contributed by atoms with Crippen LogP contribution in [0.3, 0.4) is 0 Å². The van der Waals surface area contributed by atoms with E-state index in [2.05, 4.69) is 0 Å². The molecule has 2 aliphatic heterocycles. The highest BCUT2D eigenvalue weighted by atomic mass is 16.4. The van der Waals surface area contributed by atoms with Crippen molar-refractivity contribution in [1.29, 1.82) is 0 Å². The zero-order valence-electron chi connectivity index (χ0n) is 9.06. The quantitative estimate of drug-likeness (QED) is 0.688. The first kappa shape index (κ1) is 10.1. The van der Waals surface area contributed by atoms with Crippen molar-refractivity contribution in [1.82, 2.24) is 4.90 Å². The maximum atomic E-state index is 12.2. The van der Waals surface area contributed by atoms with E-state index in [4.69, 9.17) is 10.8 Å². The van der Waals surface area contributed by atoms with Gasteiger partial charge in [-0.05, 0) is 32.1 Å². The van der Waals surface area contributed by atoms with Crippen molar-refractivity contribution in [2.24, 2.45) is 11.7 Å². The van der Waals surface area contributed by atoms with E-state index in [-0.39, 0.29) is 23.9 Å². The standard InChI is InChI=1S/C11H16N2O3/c12-11(3-4-11)10(16)13-6-1-2-8(13)7(5-6)9(14)15/h6-8H,1-5,12H2,(H,14,15). The van der Waals surface area contributed by atoms with Crippen LogP contribution in [0.25, 0.3) is 0 Å². The summed E-state index contributed by atoms with van der Waals surface area (Å²) < 4.78 is 0. The number of nitrogens with two attached hydrogens (primary N) is 1. The molecule has 3 rings (SSSR count). The molecule has 5 nitrogen and oxygen atoms in total. The van der Waals surface area contributed by atoms with Crippen LogP contribution in [0.4, 0.5) is 0 Å². The molecule has 0 aromatic heterocycles. The summed E-state index contributed by atoms with van der Waals surface area (Å²) in [5.41, 5.74) is 5.25. The normalized spacial score (nSPS) is 38.8. The Morgan fingerprint density at radius 1 is 1.31 bits per heavy atom. The van der Waals surface area contributed by atoms with Gasteiger partial charge in [0.05, 0.1) is 11.5 Å². The number of carbonyl (C=O) groups excluding carboxylic acids is 1. The largest absolute Gasteiger partial charge is 0.481 e. The first-order valence-corrected chi connectivity index (χ1v) is 5.87. The Morgan fingerprint density at radius 2 is 2.00 bits per heavy atom. The van der Waals surface area contributed by atoms with Crippen LogP contribution in [0, 0.1) is 5.92 Å². The highest BCUT2D eigenvalue weighted by Crippen LogP contribution is 2.45. The average Bonchev–Trinajstić information content (AvgIpc) is 2.76. The second-order valence-electron chi connectivity index (χ2n) is 5.35. The predicted molar refractivity (Wildman–Crippen MR) is 55.6 cm³/mol. The molecule has 2 saturated heterocycles. The highest BCUT2D eigenvalue weighted by molar-refractivity contribution is 5.91. The molecule has 3 unspecified atom stereocenters. The minimum Gasteiger partial charge on any atom is -0.481 e. The van der Waals surface area contributed by atoms with Gasteiger partial charge >= 0.3 is 5.97 Å². The van der Waals surface area contributed by atoms with Gasteiger partial charge in [-0.2, -0.15) is 0 Å². The molecule has 3 aliphatic rings. The zero-order chi connectivity index (χ0) is 11.5. The van der Waals surface area contributed by atoms with Crippen molar-refractivity contribution in [3.05, 3.63) is 0 Å². The van der Waals surface area contributed by atoms with Crippen LogP contribution in [0.2, 0.25) is 0 Å². The third-order valence-corrected chi connectivity index (χ3v) is 4.30. The molecule has 0 aromatic rings. The molecule has 3 N–H and O–H groups in total. The number of fused-ring (bicyclic) bond motifs is 2. The summed E-state index contributed by atoms with van der Waals surface area (Å²) in [5, 5.41) is 9.08. The van der Waals surface area contributed by atoms with E-state index >= 15 is 0 Å². The molecule has 2 heterocycles. The number of amides is 1. The number of carboxylic acid groups (broad SMARTS) is 1. The van der Waals surface area contributed by atoms with E-state index in [1.807, 2.05) is 0 Å². The Hall–Kier alpha value is -1.10. The van der Waals surface area contributed by atoms with Crippen molar-refractivity contribution in [3.8, 4) is 0 Å². The summed E-state index contributed by atoms with van der Waals surface area (Å²) in [6.45, 7) is 0. The molecular weight excluding hydrogens is 208 g/mol. The highest BCUT2D eigenvalue weighted by Gasteiger charge is 2.57. The van der Waals surface area contributed by atoms with Gasteiger partial charge in [0.25, 0.3) is 0 Å². The summed E-state index contributed by atoms with van der Waals surface area (Å²) in [4.78, 5) is 25.0. The van der Waals surface area contributed by atoms with Crippen LogP contribution in [0.15, 0.2) is 0 Å². The molecule has 2 bridgehead atoms. The Kier molecular flexibility index (Phi) is 1.87. The van der Waals surface area contributed by atoms with Gasteiger partial charge in [0, 0.05) is 12.1 Å². The first-order chi connectivity index (χ1) is 7.53. The van der Waals surface area contributed by atoms with Gasteiger partial charge in [0.1, 0.15) is 0 Å². The maximum Gasteiger partial charge on any atom is 0.308 e. The predicted octanol–water partition coefficient (Wildman–Crippen LogP) is -0.0582. The monoisotopic (exact) mass is 224 g/mol. The Balaban J connectivity index is 1.82. The van der Waals surface area contributed by atoms with Gasteiger partial charge in [0.15, 0.2) is 0 Å². The lowest BCUT2D eigenvalue weighted by Gasteiger charge is -2.26. The molecule has 1 aliphatic carbocycles. The lowest BCUT2D eigenvalue weighted by Crippen LogP contribution is -2.48. The number of hydrogen-bond donors (Lipinski definition) is 2. The number of nitrogens with zero attached hydrogens (tertiary/aromatic N) is 1. The van der Waals surface area contributed by atoms with Crippen molar-refractivity contribution >= 4 is 11.9 Å². The summed E-state index contributed by atoms with van der Waals surface area (Å²) in [6.07, 6.45) is 3.88. The molecule has 3 fully saturated rings. The lowest BCUT2D eigenvalue weighted by atomic mass is 9.89. The molecule has 5 heteroatoms. The van der Waals surface area contributed by atoms with E-state index in [0.29, 0.717) is 6.42 Å². The van der Waals surface area contributed by atoms with Crippen LogP contribution in [0.1, 0.15) is 32.1 Å². The van der Waals surface area contributed by atoms with Gasteiger partial charge in [-0.3, -0.25) is 9.59 Å².